The number of rotatable bonds is 6. The fraction of sp³-hybridized carbons (Fsp3) is 0.857. The molecule has 1 aromatic rings. The van der Waals surface area contributed by atoms with Gasteiger partial charge in [-0.1, -0.05) is 13.8 Å². The molecule has 230 valence electrons. The first-order chi connectivity index (χ1) is 19.3. The number of aromatic nitrogens is 2. The Kier molecular flexibility index (Phi) is 7.72. The molecule has 0 bridgehead atoms. The maximum Gasteiger partial charge on any atom is 0.403 e. The van der Waals surface area contributed by atoms with Crippen molar-refractivity contribution in [1.29, 1.82) is 0 Å². The SMILES string of the molecule is CC12CCC3C(CCC4CC(NP(=O)(O)OCC5OC(n6ccc(=O)[nH]c6=O)C(O)C5O)CCC43C)C1CCC2O. The highest BCUT2D eigenvalue weighted by Gasteiger charge is 2.60. The van der Waals surface area contributed by atoms with Crippen LogP contribution in [0.5, 0.6) is 0 Å². The first kappa shape index (κ1) is 29.7. The zero-order valence-corrected chi connectivity index (χ0v) is 24.6. The molecule has 0 radical (unpaired) electrons. The summed E-state index contributed by atoms with van der Waals surface area (Å²) < 4.78 is 24.9. The molecule has 5 aliphatic rings. The van der Waals surface area contributed by atoms with Gasteiger partial charge in [0.1, 0.15) is 18.3 Å². The van der Waals surface area contributed by atoms with Crippen LogP contribution >= 0.6 is 7.75 Å². The van der Waals surface area contributed by atoms with Crippen molar-refractivity contribution in [2.24, 2.45) is 34.5 Å². The molecule has 0 aromatic carbocycles. The van der Waals surface area contributed by atoms with E-state index in [0.717, 1.165) is 74.6 Å². The van der Waals surface area contributed by atoms with Crippen molar-refractivity contribution in [3.8, 4) is 0 Å². The molecule has 13 heteroatoms. The van der Waals surface area contributed by atoms with E-state index < -0.39 is 50.1 Å². The van der Waals surface area contributed by atoms with Gasteiger partial charge in [-0.3, -0.25) is 18.9 Å². The lowest BCUT2D eigenvalue weighted by Gasteiger charge is -2.61. The van der Waals surface area contributed by atoms with Crippen LogP contribution in [-0.4, -0.2) is 66.8 Å². The van der Waals surface area contributed by atoms with Crippen LogP contribution in [-0.2, 0) is 13.8 Å². The van der Waals surface area contributed by atoms with E-state index in [1.165, 1.54) is 0 Å². The van der Waals surface area contributed by atoms with Crippen molar-refractivity contribution < 1.29 is 34.0 Å². The summed E-state index contributed by atoms with van der Waals surface area (Å²) in [6.07, 6.45) is 4.54. The Hall–Kier alpha value is -1.37. The molecular formula is C28H44N3O9P. The Morgan fingerprint density at radius 1 is 1.05 bits per heavy atom. The van der Waals surface area contributed by atoms with Crippen LogP contribution in [0.15, 0.2) is 21.9 Å². The van der Waals surface area contributed by atoms with E-state index in [4.69, 9.17) is 9.26 Å². The lowest BCUT2D eigenvalue weighted by atomic mass is 9.45. The normalized spacial score (nSPS) is 47.3. The van der Waals surface area contributed by atoms with Crippen molar-refractivity contribution in [3.05, 3.63) is 33.1 Å². The molecule has 4 aliphatic carbocycles. The maximum absolute atomic E-state index is 13.0. The molecule has 5 fully saturated rings. The number of fused-ring (bicyclic) bond motifs is 5. The molecule has 4 saturated carbocycles. The lowest BCUT2D eigenvalue weighted by Crippen LogP contribution is -2.55. The number of nitrogens with one attached hydrogen (secondary N) is 2. The molecule has 12 nitrogen and oxygen atoms in total. The highest BCUT2D eigenvalue weighted by Crippen LogP contribution is 2.66. The van der Waals surface area contributed by atoms with Crippen molar-refractivity contribution in [2.75, 3.05) is 6.61 Å². The molecular weight excluding hydrogens is 553 g/mol. The highest BCUT2D eigenvalue weighted by molar-refractivity contribution is 7.50. The zero-order valence-electron chi connectivity index (χ0n) is 23.7. The number of hydrogen-bond acceptors (Lipinski definition) is 8. The van der Waals surface area contributed by atoms with Crippen LogP contribution in [0.2, 0.25) is 0 Å². The van der Waals surface area contributed by atoms with Crippen molar-refractivity contribution in [1.82, 2.24) is 14.6 Å². The molecule has 13 unspecified atom stereocenters. The van der Waals surface area contributed by atoms with Crippen LogP contribution in [0.1, 0.15) is 77.9 Å². The van der Waals surface area contributed by atoms with E-state index in [0.29, 0.717) is 23.7 Å². The summed E-state index contributed by atoms with van der Waals surface area (Å²) in [5.74, 6) is 2.30. The smallest absolute Gasteiger partial charge is 0.393 e. The predicted octanol–water partition coefficient (Wildman–Crippen LogP) is 1.63. The Labute approximate surface area is 239 Å². The number of aromatic amines is 1. The fourth-order valence-electron chi connectivity index (χ4n) is 9.51. The van der Waals surface area contributed by atoms with Gasteiger partial charge in [0.05, 0.1) is 12.7 Å². The average molecular weight is 598 g/mol. The van der Waals surface area contributed by atoms with E-state index in [-0.39, 0.29) is 23.0 Å². The van der Waals surface area contributed by atoms with Gasteiger partial charge in [0, 0.05) is 18.3 Å². The number of ether oxygens (including phenoxy) is 1. The molecule has 1 saturated heterocycles. The van der Waals surface area contributed by atoms with Crippen LogP contribution in [0.25, 0.3) is 0 Å². The summed E-state index contributed by atoms with van der Waals surface area (Å²) in [5.41, 5.74) is -1.19. The third-order valence-corrected chi connectivity index (χ3v) is 13.0. The van der Waals surface area contributed by atoms with E-state index in [9.17, 15) is 34.4 Å². The number of nitrogens with zero attached hydrogens (tertiary/aromatic N) is 1. The molecule has 1 aromatic heterocycles. The van der Waals surface area contributed by atoms with E-state index >= 15 is 0 Å². The van der Waals surface area contributed by atoms with Crippen molar-refractivity contribution >= 4 is 7.75 Å². The van der Waals surface area contributed by atoms with Gasteiger partial charge in [0.2, 0.25) is 0 Å². The lowest BCUT2D eigenvalue weighted by molar-refractivity contribution is -0.123. The van der Waals surface area contributed by atoms with Gasteiger partial charge in [0.15, 0.2) is 6.23 Å². The third-order valence-electron chi connectivity index (χ3n) is 11.8. The molecule has 0 amide bonds. The van der Waals surface area contributed by atoms with E-state index in [1.54, 1.807) is 0 Å². The third kappa shape index (κ3) is 5.12. The minimum atomic E-state index is -4.26. The molecule has 6 rings (SSSR count). The van der Waals surface area contributed by atoms with Gasteiger partial charge < -0.3 is 24.9 Å². The Balaban J connectivity index is 1.05. The van der Waals surface area contributed by atoms with Crippen molar-refractivity contribution in [3.63, 3.8) is 0 Å². The van der Waals surface area contributed by atoms with E-state index in [2.05, 4.69) is 23.9 Å². The Morgan fingerprint density at radius 3 is 2.54 bits per heavy atom. The van der Waals surface area contributed by atoms with Crippen LogP contribution in [0.3, 0.4) is 0 Å². The monoisotopic (exact) mass is 597 g/mol. The van der Waals surface area contributed by atoms with Gasteiger partial charge in [0.25, 0.3) is 5.56 Å². The zero-order chi connectivity index (χ0) is 29.3. The summed E-state index contributed by atoms with van der Waals surface area (Å²) >= 11 is 0. The summed E-state index contributed by atoms with van der Waals surface area (Å²) in [6, 6.07) is 0.904. The number of aliphatic hydroxyl groups excluding tert-OH is 3. The number of H-pyrrole nitrogens is 1. The summed E-state index contributed by atoms with van der Waals surface area (Å²) in [7, 11) is -4.26. The standard InChI is InChI=1S/C28H44N3O9P/c1-27-10-7-16(13-15(27)3-4-17-18-5-6-21(32)28(18,2)11-8-19(17)27)30-41(37,38)39-14-20-23(34)24(35)25(40-20)31-12-9-22(33)29-26(31)36/h9,12,15-21,23-25,32,34-35H,3-8,10-11,13-14H2,1-2H3,(H,29,33,36)(H2,30,37,38). The number of hydrogen-bond donors (Lipinski definition) is 6. The topological polar surface area (TPSA) is 183 Å². The van der Waals surface area contributed by atoms with Crippen LogP contribution < -0.4 is 16.3 Å². The molecule has 13 atom stereocenters. The highest BCUT2D eigenvalue weighted by atomic mass is 31.2. The fourth-order valence-corrected chi connectivity index (χ4v) is 10.6. The molecule has 1 aliphatic heterocycles. The van der Waals surface area contributed by atoms with Crippen molar-refractivity contribution in [2.45, 2.75) is 108 Å². The minimum Gasteiger partial charge on any atom is -0.393 e. The largest absolute Gasteiger partial charge is 0.403 e. The van der Waals surface area contributed by atoms with E-state index in [1.807, 2.05) is 0 Å². The predicted molar refractivity (Wildman–Crippen MR) is 148 cm³/mol. The van der Waals surface area contributed by atoms with Gasteiger partial charge in [-0.15, -0.1) is 0 Å². The van der Waals surface area contributed by atoms with Gasteiger partial charge in [-0.05, 0) is 92.3 Å². The second kappa shape index (κ2) is 10.7. The van der Waals surface area contributed by atoms with Gasteiger partial charge in [-0.25, -0.2) is 14.4 Å². The maximum atomic E-state index is 13.0. The summed E-state index contributed by atoms with van der Waals surface area (Å²) in [6.45, 7) is 4.24. The molecule has 0 spiro atoms. The Morgan fingerprint density at radius 2 is 1.78 bits per heavy atom. The quantitative estimate of drug-likeness (QED) is 0.264. The summed E-state index contributed by atoms with van der Waals surface area (Å²) in [5, 5.41) is 34.4. The van der Waals surface area contributed by atoms with Gasteiger partial charge in [-0.2, -0.15) is 0 Å². The van der Waals surface area contributed by atoms with Gasteiger partial charge >= 0.3 is 13.4 Å². The average Bonchev–Trinajstić information content (AvgIpc) is 3.37. The Bertz CT molecular complexity index is 1300. The minimum absolute atomic E-state index is 0.0482. The molecule has 6 N–H and O–H groups in total. The first-order valence-corrected chi connectivity index (χ1v) is 16.7. The second-order valence-corrected chi connectivity index (χ2v) is 15.3. The van der Waals surface area contributed by atoms with Crippen LogP contribution in [0.4, 0.5) is 0 Å². The first-order valence-electron chi connectivity index (χ1n) is 15.1. The van der Waals surface area contributed by atoms with Crippen LogP contribution in [0, 0.1) is 34.5 Å². The molecule has 41 heavy (non-hydrogen) atoms. The molecule has 2 heterocycles. The second-order valence-electron chi connectivity index (χ2n) is 13.8. The summed E-state index contributed by atoms with van der Waals surface area (Å²) in [4.78, 5) is 36.2. The number of aliphatic hydroxyl groups is 3.